The van der Waals surface area contributed by atoms with E-state index in [2.05, 4.69) is 6.58 Å². The summed E-state index contributed by atoms with van der Waals surface area (Å²) in [5.74, 6) is -2.95. The van der Waals surface area contributed by atoms with Crippen molar-refractivity contribution in [3.05, 3.63) is 41.3 Å². The standard InChI is InChI=1S/C10H8O6S/c1-2-17(15,16)6-3-4-7(9(11)12)8(5-6)10(13)14/h2-5H,1H2,(H,11,12)(H,13,14). The monoisotopic (exact) mass is 256 g/mol. The van der Waals surface area contributed by atoms with Gasteiger partial charge in [-0.2, -0.15) is 0 Å². The molecular formula is C10H8O6S. The van der Waals surface area contributed by atoms with Crippen molar-refractivity contribution in [2.24, 2.45) is 0 Å². The molecule has 0 amide bonds. The largest absolute Gasteiger partial charge is 0.478 e. The summed E-state index contributed by atoms with van der Waals surface area (Å²) in [4.78, 5) is 21.2. The Morgan fingerprint density at radius 3 is 2.06 bits per heavy atom. The Labute approximate surface area is 96.7 Å². The molecule has 0 aliphatic heterocycles. The smallest absolute Gasteiger partial charge is 0.336 e. The number of rotatable bonds is 4. The highest BCUT2D eigenvalue weighted by molar-refractivity contribution is 7.94. The number of benzene rings is 1. The van der Waals surface area contributed by atoms with Crippen LogP contribution in [0.1, 0.15) is 20.7 Å². The summed E-state index contributed by atoms with van der Waals surface area (Å²) in [6.45, 7) is 3.09. The van der Waals surface area contributed by atoms with Crippen molar-refractivity contribution >= 4 is 21.8 Å². The molecule has 1 rings (SSSR count). The molecule has 0 unspecified atom stereocenters. The Morgan fingerprint density at radius 1 is 1.12 bits per heavy atom. The van der Waals surface area contributed by atoms with Gasteiger partial charge in [0.25, 0.3) is 0 Å². The van der Waals surface area contributed by atoms with Crippen molar-refractivity contribution < 1.29 is 28.2 Å². The van der Waals surface area contributed by atoms with Crippen LogP contribution in [-0.4, -0.2) is 30.6 Å². The molecule has 0 saturated carbocycles. The van der Waals surface area contributed by atoms with E-state index in [1.807, 2.05) is 0 Å². The minimum Gasteiger partial charge on any atom is -0.478 e. The molecule has 0 radical (unpaired) electrons. The Hall–Kier alpha value is -2.15. The van der Waals surface area contributed by atoms with Gasteiger partial charge < -0.3 is 10.2 Å². The van der Waals surface area contributed by atoms with E-state index in [-0.39, 0.29) is 4.90 Å². The summed E-state index contributed by atoms with van der Waals surface area (Å²) >= 11 is 0. The first kappa shape index (κ1) is 12.9. The fourth-order valence-corrected chi connectivity index (χ4v) is 1.89. The predicted octanol–water partition coefficient (Wildman–Crippen LogP) is 1.00. The van der Waals surface area contributed by atoms with E-state index in [1.54, 1.807) is 0 Å². The number of aromatic carboxylic acids is 2. The third kappa shape index (κ3) is 2.51. The van der Waals surface area contributed by atoms with E-state index >= 15 is 0 Å². The van der Waals surface area contributed by atoms with Crippen LogP contribution in [0.15, 0.2) is 35.1 Å². The van der Waals surface area contributed by atoms with Gasteiger partial charge in [0, 0.05) is 5.41 Å². The molecule has 0 atom stereocenters. The predicted molar refractivity (Wildman–Crippen MR) is 57.7 cm³/mol. The van der Waals surface area contributed by atoms with Gasteiger partial charge in [0.1, 0.15) is 0 Å². The van der Waals surface area contributed by atoms with E-state index in [0.717, 1.165) is 18.2 Å². The van der Waals surface area contributed by atoms with E-state index in [9.17, 15) is 18.0 Å². The van der Waals surface area contributed by atoms with Crippen LogP contribution in [0, 0.1) is 0 Å². The Morgan fingerprint density at radius 2 is 1.65 bits per heavy atom. The van der Waals surface area contributed by atoms with Crippen LogP contribution in [0.25, 0.3) is 0 Å². The maximum absolute atomic E-state index is 11.4. The quantitative estimate of drug-likeness (QED) is 0.831. The van der Waals surface area contributed by atoms with Crippen LogP contribution < -0.4 is 0 Å². The molecule has 2 N–H and O–H groups in total. The topological polar surface area (TPSA) is 109 Å². The molecular weight excluding hydrogens is 248 g/mol. The van der Waals surface area contributed by atoms with Gasteiger partial charge in [0.2, 0.25) is 0 Å². The molecule has 0 heterocycles. The molecule has 7 heteroatoms. The van der Waals surface area contributed by atoms with Crippen LogP contribution in [0.3, 0.4) is 0 Å². The van der Waals surface area contributed by atoms with Gasteiger partial charge in [-0.3, -0.25) is 0 Å². The first-order valence-electron chi connectivity index (χ1n) is 4.27. The molecule has 0 aliphatic rings. The Kier molecular flexibility index (Phi) is 3.33. The molecule has 17 heavy (non-hydrogen) atoms. The maximum atomic E-state index is 11.4. The first-order valence-corrected chi connectivity index (χ1v) is 5.82. The molecule has 90 valence electrons. The zero-order valence-corrected chi connectivity index (χ0v) is 9.27. The summed E-state index contributed by atoms with van der Waals surface area (Å²) in [7, 11) is -3.79. The summed E-state index contributed by atoms with van der Waals surface area (Å²) in [6, 6.07) is 2.75. The van der Waals surface area contributed by atoms with E-state index in [4.69, 9.17) is 10.2 Å². The van der Waals surface area contributed by atoms with Crippen molar-refractivity contribution in [1.29, 1.82) is 0 Å². The number of carboxylic acids is 2. The average molecular weight is 256 g/mol. The zero-order valence-electron chi connectivity index (χ0n) is 8.45. The van der Waals surface area contributed by atoms with Gasteiger partial charge in [-0.15, -0.1) is 0 Å². The SMILES string of the molecule is C=CS(=O)(=O)c1ccc(C(=O)O)c(C(=O)O)c1. The van der Waals surface area contributed by atoms with E-state index in [0.29, 0.717) is 5.41 Å². The summed E-state index contributed by atoms with van der Waals surface area (Å²) in [5, 5.41) is 18.2. The molecule has 6 nitrogen and oxygen atoms in total. The number of hydrogen-bond donors (Lipinski definition) is 2. The Bertz CT molecular complexity index is 599. The van der Waals surface area contributed by atoms with Crippen molar-refractivity contribution in [3.8, 4) is 0 Å². The lowest BCUT2D eigenvalue weighted by atomic mass is 10.1. The minimum atomic E-state index is -3.79. The third-order valence-corrected chi connectivity index (χ3v) is 3.35. The molecule has 0 aromatic heterocycles. The molecule has 0 bridgehead atoms. The summed E-state index contributed by atoms with van der Waals surface area (Å²) < 4.78 is 22.8. The molecule has 0 fully saturated rings. The van der Waals surface area contributed by atoms with Gasteiger partial charge in [0.05, 0.1) is 16.0 Å². The van der Waals surface area contributed by atoms with Gasteiger partial charge >= 0.3 is 11.9 Å². The summed E-state index contributed by atoms with van der Waals surface area (Å²) in [5.41, 5.74) is -1.05. The van der Waals surface area contributed by atoms with Crippen molar-refractivity contribution in [2.75, 3.05) is 0 Å². The van der Waals surface area contributed by atoms with E-state index in [1.165, 1.54) is 0 Å². The third-order valence-electron chi connectivity index (χ3n) is 2.00. The van der Waals surface area contributed by atoms with Gasteiger partial charge in [0.15, 0.2) is 9.84 Å². The first-order chi connectivity index (χ1) is 7.79. The number of hydrogen-bond acceptors (Lipinski definition) is 4. The van der Waals surface area contributed by atoms with Gasteiger partial charge in [-0.05, 0) is 18.2 Å². The van der Waals surface area contributed by atoms with Crippen molar-refractivity contribution in [3.63, 3.8) is 0 Å². The number of carbonyl (C=O) groups is 2. The van der Waals surface area contributed by atoms with Gasteiger partial charge in [-0.1, -0.05) is 6.58 Å². The van der Waals surface area contributed by atoms with Crippen LogP contribution >= 0.6 is 0 Å². The van der Waals surface area contributed by atoms with Crippen LogP contribution in [0.4, 0.5) is 0 Å². The van der Waals surface area contributed by atoms with Crippen molar-refractivity contribution in [2.45, 2.75) is 4.90 Å². The number of sulfone groups is 1. The Balaban J connectivity index is 3.55. The normalized spacial score (nSPS) is 10.8. The van der Waals surface area contributed by atoms with Gasteiger partial charge in [-0.25, -0.2) is 18.0 Å². The van der Waals surface area contributed by atoms with E-state index < -0.39 is 32.9 Å². The second-order valence-electron chi connectivity index (χ2n) is 3.03. The lowest BCUT2D eigenvalue weighted by Crippen LogP contribution is -2.09. The highest BCUT2D eigenvalue weighted by Crippen LogP contribution is 2.18. The summed E-state index contributed by atoms with van der Waals surface area (Å²) in [6.07, 6.45) is 0. The lowest BCUT2D eigenvalue weighted by molar-refractivity contribution is 0.0651. The second-order valence-corrected chi connectivity index (χ2v) is 4.92. The van der Waals surface area contributed by atoms with Crippen LogP contribution in [0.2, 0.25) is 0 Å². The fourth-order valence-electron chi connectivity index (χ4n) is 1.16. The zero-order chi connectivity index (χ0) is 13.2. The average Bonchev–Trinajstić information content (AvgIpc) is 2.28. The molecule has 1 aromatic rings. The highest BCUT2D eigenvalue weighted by atomic mass is 32.2. The molecule has 1 aromatic carbocycles. The minimum absolute atomic E-state index is 0.310. The van der Waals surface area contributed by atoms with Crippen LogP contribution in [-0.2, 0) is 9.84 Å². The van der Waals surface area contributed by atoms with Crippen LogP contribution in [0.5, 0.6) is 0 Å². The lowest BCUT2D eigenvalue weighted by Gasteiger charge is -2.04. The fraction of sp³-hybridized carbons (Fsp3) is 0. The molecule has 0 spiro atoms. The second kappa shape index (κ2) is 4.38. The highest BCUT2D eigenvalue weighted by Gasteiger charge is 2.19. The van der Waals surface area contributed by atoms with Crippen molar-refractivity contribution in [1.82, 2.24) is 0 Å². The number of carboxylic acid groups (broad SMARTS) is 2. The maximum Gasteiger partial charge on any atom is 0.336 e. The molecule has 0 saturated heterocycles. The molecule has 0 aliphatic carbocycles.